The number of nitrogens with one attached hydrogen (secondary N) is 1. The van der Waals surface area contributed by atoms with Crippen LogP contribution in [0.3, 0.4) is 0 Å². The molecule has 1 aliphatic rings. The minimum Gasteiger partial charge on any atom is -0.314 e. The highest BCUT2D eigenvalue weighted by molar-refractivity contribution is 4.60. The Balaban J connectivity index is 0. The number of hydrogen-bond acceptors (Lipinski definition) is 3. The molecular formula is C9H24FN3. The molecule has 0 aliphatic carbocycles. The van der Waals surface area contributed by atoms with Crippen LogP contribution in [-0.2, 0) is 0 Å². The molecule has 0 atom stereocenters. The van der Waals surface area contributed by atoms with Crippen molar-refractivity contribution in [2.45, 2.75) is 33.9 Å². The van der Waals surface area contributed by atoms with Gasteiger partial charge in [0.15, 0.2) is 0 Å². The molecular weight excluding hydrogens is 169 g/mol. The molecule has 0 aromatic heterocycles. The van der Waals surface area contributed by atoms with E-state index >= 15 is 0 Å². The highest BCUT2D eigenvalue weighted by atomic mass is 19.1. The molecule has 82 valence electrons. The smallest absolute Gasteiger partial charge is 0.0945 e. The Bertz CT molecular complexity index is 80.2. The first kappa shape index (κ1) is 15.3. The van der Waals surface area contributed by atoms with E-state index < -0.39 is 6.17 Å². The predicted molar refractivity (Wildman–Crippen MR) is 56.2 cm³/mol. The van der Waals surface area contributed by atoms with Crippen molar-refractivity contribution in [1.29, 1.82) is 0 Å². The van der Waals surface area contributed by atoms with E-state index in [9.17, 15) is 4.39 Å². The van der Waals surface area contributed by atoms with Gasteiger partial charge in [-0.3, -0.25) is 5.84 Å². The summed E-state index contributed by atoms with van der Waals surface area (Å²) in [6, 6.07) is 0. The van der Waals surface area contributed by atoms with Crippen molar-refractivity contribution in [3.8, 4) is 0 Å². The number of nitrogens with two attached hydrogens (primary N) is 1. The van der Waals surface area contributed by atoms with E-state index in [1.807, 2.05) is 18.9 Å². The third-order valence-electron chi connectivity index (χ3n) is 1.15. The summed E-state index contributed by atoms with van der Waals surface area (Å²) in [4.78, 5) is 0. The van der Waals surface area contributed by atoms with Crippen molar-refractivity contribution in [3.63, 3.8) is 0 Å². The standard InChI is InChI=1S/C4H11N3.C3H7F.C2H6/c5-7-3-1-6-2-4-7;1-3(2)4;1-2/h6H,1-5H2;3H,1-2H3;1-2H3. The molecule has 0 spiro atoms. The first-order valence-corrected chi connectivity index (χ1v) is 4.97. The first-order chi connectivity index (χ1) is 6.13. The van der Waals surface area contributed by atoms with Crippen molar-refractivity contribution < 1.29 is 4.39 Å². The number of alkyl halides is 1. The average molecular weight is 193 g/mol. The van der Waals surface area contributed by atoms with E-state index in [0.717, 1.165) is 26.2 Å². The molecule has 0 radical (unpaired) electrons. The van der Waals surface area contributed by atoms with Crippen molar-refractivity contribution in [1.82, 2.24) is 10.3 Å². The molecule has 1 fully saturated rings. The Morgan fingerprint density at radius 3 is 1.69 bits per heavy atom. The summed E-state index contributed by atoms with van der Waals surface area (Å²) in [5.74, 6) is 5.43. The molecule has 1 heterocycles. The van der Waals surface area contributed by atoms with Gasteiger partial charge < -0.3 is 5.32 Å². The maximum Gasteiger partial charge on any atom is 0.0945 e. The summed E-state index contributed by atoms with van der Waals surface area (Å²) in [5.41, 5.74) is 0. The lowest BCUT2D eigenvalue weighted by molar-refractivity contribution is 0.248. The number of hydrogen-bond donors (Lipinski definition) is 2. The Morgan fingerprint density at radius 2 is 1.54 bits per heavy atom. The van der Waals surface area contributed by atoms with Crippen LogP contribution in [0.25, 0.3) is 0 Å². The van der Waals surface area contributed by atoms with Crippen LogP contribution in [0.4, 0.5) is 4.39 Å². The van der Waals surface area contributed by atoms with E-state index in [-0.39, 0.29) is 0 Å². The first-order valence-electron chi connectivity index (χ1n) is 4.97. The molecule has 0 bridgehead atoms. The molecule has 4 heteroatoms. The number of nitrogens with zero attached hydrogens (tertiary/aromatic N) is 1. The van der Waals surface area contributed by atoms with Gasteiger partial charge in [0.05, 0.1) is 6.17 Å². The molecule has 3 nitrogen and oxygen atoms in total. The van der Waals surface area contributed by atoms with Crippen molar-refractivity contribution in [2.75, 3.05) is 26.2 Å². The van der Waals surface area contributed by atoms with Crippen LogP contribution >= 0.6 is 0 Å². The Kier molecular flexibility index (Phi) is 13.9. The van der Waals surface area contributed by atoms with Gasteiger partial charge in [0.1, 0.15) is 0 Å². The maximum atomic E-state index is 11.0. The minimum atomic E-state index is -0.667. The van der Waals surface area contributed by atoms with Crippen molar-refractivity contribution in [2.24, 2.45) is 5.84 Å². The van der Waals surface area contributed by atoms with Crippen LogP contribution in [0, 0.1) is 0 Å². The highest BCUT2D eigenvalue weighted by Gasteiger charge is 2.01. The predicted octanol–water partition coefficient (Wildman–Crippen LogP) is 1.16. The molecule has 0 aromatic carbocycles. The van der Waals surface area contributed by atoms with Crippen LogP contribution in [0.5, 0.6) is 0 Å². The fourth-order valence-corrected chi connectivity index (χ4v) is 0.682. The summed E-state index contributed by atoms with van der Waals surface area (Å²) < 4.78 is 11.0. The van der Waals surface area contributed by atoms with Gasteiger partial charge in [-0.15, -0.1) is 0 Å². The fraction of sp³-hybridized carbons (Fsp3) is 1.00. The van der Waals surface area contributed by atoms with Crippen molar-refractivity contribution in [3.05, 3.63) is 0 Å². The summed E-state index contributed by atoms with van der Waals surface area (Å²) in [7, 11) is 0. The highest BCUT2D eigenvalue weighted by Crippen LogP contribution is 1.79. The Labute approximate surface area is 81.4 Å². The van der Waals surface area contributed by atoms with Gasteiger partial charge >= 0.3 is 0 Å². The van der Waals surface area contributed by atoms with Crippen LogP contribution in [0.1, 0.15) is 27.7 Å². The van der Waals surface area contributed by atoms with Crippen molar-refractivity contribution >= 4 is 0 Å². The normalized spacial score (nSPS) is 16.8. The van der Waals surface area contributed by atoms with Gasteiger partial charge in [-0.2, -0.15) is 0 Å². The molecule has 1 aliphatic heterocycles. The minimum absolute atomic E-state index is 0.667. The molecule has 1 saturated heterocycles. The lowest BCUT2D eigenvalue weighted by Gasteiger charge is -2.21. The van der Waals surface area contributed by atoms with Crippen LogP contribution < -0.4 is 11.2 Å². The molecule has 0 unspecified atom stereocenters. The van der Waals surface area contributed by atoms with Gasteiger partial charge in [-0.1, -0.05) is 13.8 Å². The second kappa shape index (κ2) is 11.8. The van der Waals surface area contributed by atoms with E-state index in [1.54, 1.807) is 0 Å². The number of hydrazine groups is 1. The van der Waals surface area contributed by atoms with Gasteiger partial charge in [-0.05, 0) is 13.8 Å². The maximum absolute atomic E-state index is 11.0. The van der Waals surface area contributed by atoms with E-state index in [0.29, 0.717) is 0 Å². The van der Waals surface area contributed by atoms with E-state index in [1.165, 1.54) is 13.8 Å². The van der Waals surface area contributed by atoms with E-state index in [2.05, 4.69) is 5.32 Å². The molecule has 0 aromatic rings. The zero-order chi connectivity index (χ0) is 10.7. The fourth-order valence-electron chi connectivity index (χ4n) is 0.682. The number of halogens is 1. The summed E-state index contributed by atoms with van der Waals surface area (Å²) >= 11 is 0. The third-order valence-corrected chi connectivity index (χ3v) is 1.15. The van der Waals surface area contributed by atoms with Gasteiger partial charge in [-0.25, -0.2) is 9.40 Å². The quantitative estimate of drug-likeness (QED) is 0.567. The molecule has 1 rings (SSSR count). The Morgan fingerprint density at radius 1 is 1.23 bits per heavy atom. The van der Waals surface area contributed by atoms with Crippen LogP contribution in [0.15, 0.2) is 0 Å². The molecule has 13 heavy (non-hydrogen) atoms. The number of piperazine rings is 1. The summed E-state index contributed by atoms with van der Waals surface area (Å²) in [5, 5.41) is 5.02. The average Bonchev–Trinajstić information content (AvgIpc) is 2.08. The second-order valence-electron chi connectivity index (χ2n) is 2.80. The van der Waals surface area contributed by atoms with Crippen LogP contribution in [-0.4, -0.2) is 37.4 Å². The lowest BCUT2D eigenvalue weighted by atomic mass is 10.4. The summed E-state index contributed by atoms with van der Waals surface area (Å²) in [6.07, 6.45) is -0.667. The topological polar surface area (TPSA) is 41.3 Å². The lowest BCUT2D eigenvalue weighted by Crippen LogP contribution is -2.47. The SMILES string of the molecule is CC.CC(C)F.NN1CCNCC1. The van der Waals surface area contributed by atoms with E-state index in [4.69, 9.17) is 5.84 Å². The van der Waals surface area contributed by atoms with Crippen LogP contribution in [0.2, 0.25) is 0 Å². The molecule has 0 amide bonds. The molecule has 0 saturated carbocycles. The zero-order valence-electron chi connectivity index (χ0n) is 9.31. The summed E-state index contributed by atoms with van der Waals surface area (Å²) in [6.45, 7) is 11.0. The zero-order valence-corrected chi connectivity index (χ0v) is 9.31. The monoisotopic (exact) mass is 193 g/mol. The number of rotatable bonds is 0. The van der Waals surface area contributed by atoms with Gasteiger partial charge in [0.25, 0.3) is 0 Å². The van der Waals surface area contributed by atoms with Gasteiger partial charge in [0.2, 0.25) is 0 Å². The third kappa shape index (κ3) is 18.6. The second-order valence-corrected chi connectivity index (χ2v) is 2.80. The largest absolute Gasteiger partial charge is 0.314 e. The Hall–Kier alpha value is -0.190. The van der Waals surface area contributed by atoms with Gasteiger partial charge in [0, 0.05) is 26.2 Å². The molecule has 3 N–H and O–H groups in total.